The van der Waals surface area contributed by atoms with Crippen LogP contribution in [0.5, 0.6) is 0 Å². The maximum atomic E-state index is 11.4. The summed E-state index contributed by atoms with van der Waals surface area (Å²) in [7, 11) is 0. The highest BCUT2D eigenvalue weighted by atomic mass is 16.5. The average molecular weight is 199 g/mol. The summed E-state index contributed by atoms with van der Waals surface area (Å²) >= 11 is 0. The summed E-state index contributed by atoms with van der Waals surface area (Å²) in [6.07, 6.45) is 1.35. The number of nitrogens with one attached hydrogen (secondary N) is 1. The minimum absolute atomic E-state index is 0.0280. The van der Waals surface area contributed by atoms with Crippen molar-refractivity contribution >= 4 is 11.7 Å². The molecule has 1 amide bonds. The topological polar surface area (TPSA) is 55.4 Å². The number of ketones is 1. The van der Waals surface area contributed by atoms with Crippen molar-refractivity contribution in [3.63, 3.8) is 0 Å². The van der Waals surface area contributed by atoms with Crippen molar-refractivity contribution in [1.29, 1.82) is 0 Å². The molecule has 4 nitrogen and oxygen atoms in total. The van der Waals surface area contributed by atoms with E-state index in [-0.39, 0.29) is 30.3 Å². The smallest absolute Gasteiger partial charge is 0.249 e. The van der Waals surface area contributed by atoms with Gasteiger partial charge in [-0.25, -0.2) is 0 Å². The van der Waals surface area contributed by atoms with Crippen LogP contribution in [-0.4, -0.2) is 30.9 Å². The lowest BCUT2D eigenvalue weighted by molar-refractivity contribution is -0.132. The molecule has 0 aromatic carbocycles. The number of hydrogen-bond donors (Lipinski definition) is 1. The molecule has 4 heteroatoms. The lowest BCUT2D eigenvalue weighted by Gasteiger charge is -2.10. The molecule has 0 aromatic rings. The van der Waals surface area contributed by atoms with Crippen molar-refractivity contribution in [2.24, 2.45) is 5.92 Å². The summed E-state index contributed by atoms with van der Waals surface area (Å²) in [5.74, 6) is -0.132. The normalized spacial score (nSPS) is 21.2. The summed E-state index contributed by atoms with van der Waals surface area (Å²) in [5.41, 5.74) is 0. The molecule has 80 valence electrons. The summed E-state index contributed by atoms with van der Waals surface area (Å²) in [5, 5.41) is 2.59. The Bertz CT molecular complexity index is 219. The molecule has 1 aliphatic rings. The number of hydrogen-bond acceptors (Lipinski definition) is 3. The van der Waals surface area contributed by atoms with Crippen LogP contribution in [0.15, 0.2) is 0 Å². The quantitative estimate of drug-likeness (QED) is 0.717. The van der Waals surface area contributed by atoms with Gasteiger partial charge >= 0.3 is 0 Å². The Morgan fingerprint density at radius 3 is 2.71 bits per heavy atom. The molecule has 1 atom stereocenters. The van der Waals surface area contributed by atoms with Gasteiger partial charge in [0.25, 0.3) is 0 Å². The Hall–Kier alpha value is -0.900. The van der Waals surface area contributed by atoms with Crippen LogP contribution in [0.25, 0.3) is 0 Å². The molecule has 0 saturated carbocycles. The fraction of sp³-hybridized carbons (Fsp3) is 0.800. The zero-order chi connectivity index (χ0) is 10.6. The van der Waals surface area contributed by atoms with Crippen LogP contribution in [0.1, 0.15) is 26.7 Å². The summed E-state index contributed by atoms with van der Waals surface area (Å²) < 4.78 is 5.18. The Kier molecular flexibility index (Phi) is 4.07. The van der Waals surface area contributed by atoms with Gasteiger partial charge in [-0.15, -0.1) is 0 Å². The van der Waals surface area contributed by atoms with Crippen molar-refractivity contribution < 1.29 is 14.3 Å². The van der Waals surface area contributed by atoms with Crippen molar-refractivity contribution in [2.45, 2.75) is 32.8 Å². The number of rotatable bonds is 4. The lowest BCUT2D eigenvalue weighted by atomic mass is 10.1. The lowest BCUT2D eigenvalue weighted by Crippen LogP contribution is -2.38. The monoisotopic (exact) mass is 199 g/mol. The predicted octanol–water partition coefficient (Wildman–Crippen LogP) is 0.507. The largest absolute Gasteiger partial charge is 0.368 e. The number of carbonyl (C=O) groups excluding carboxylic acids is 2. The van der Waals surface area contributed by atoms with Gasteiger partial charge in [0, 0.05) is 12.5 Å². The SMILES string of the molecule is CC(C)C(=O)CNC(=O)C1CCCO1. The van der Waals surface area contributed by atoms with Crippen molar-refractivity contribution in [3.8, 4) is 0 Å². The zero-order valence-corrected chi connectivity index (χ0v) is 8.71. The summed E-state index contributed by atoms with van der Waals surface area (Å²) in [6.45, 7) is 4.41. The Labute approximate surface area is 84.0 Å². The van der Waals surface area contributed by atoms with Crippen LogP contribution in [0.3, 0.4) is 0 Å². The van der Waals surface area contributed by atoms with Gasteiger partial charge in [-0.2, -0.15) is 0 Å². The molecule has 0 radical (unpaired) electrons. The van der Waals surface area contributed by atoms with E-state index >= 15 is 0 Å². The maximum Gasteiger partial charge on any atom is 0.249 e. The number of carbonyl (C=O) groups is 2. The first-order chi connectivity index (χ1) is 6.61. The molecule has 1 fully saturated rings. The maximum absolute atomic E-state index is 11.4. The molecule has 1 rings (SSSR count). The molecule has 1 N–H and O–H groups in total. The first kappa shape index (κ1) is 11.2. The Morgan fingerprint density at radius 1 is 1.50 bits per heavy atom. The van der Waals surface area contributed by atoms with Crippen molar-refractivity contribution in [1.82, 2.24) is 5.32 Å². The minimum atomic E-state index is -0.338. The highest BCUT2D eigenvalue weighted by molar-refractivity contribution is 5.88. The van der Waals surface area contributed by atoms with E-state index in [0.717, 1.165) is 12.8 Å². The van der Waals surface area contributed by atoms with Gasteiger partial charge in [-0.1, -0.05) is 13.8 Å². The molecule has 1 heterocycles. The highest BCUT2D eigenvalue weighted by Gasteiger charge is 2.23. The Balaban J connectivity index is 2.23. The van der Waals surface area contributed by atoms with Gasteiger partial charge < -0.3 is 10.1 Å². The Morgan fingerprint density at radius 2 is 2.21 bits per heavy atom. The molecular weight excluding hydrogens is 182 g/mol. The second-order valence-corrected chi connectivity index (χ2v) is 3.84. The first-order valence-electron chi connectivity index (χ1n) is 5.03. The van der Waals surface area contributed by atoms with Crippen LogP contribution in [0, 0.1) is 5.92 Å². The van der Waals surface area contributed by atoms with Crippen LogP contribution < -0.4 is 5.32 Å². The van der Waals surface area contributed by atoms with Crippen molar-refractivity contribution in [3.05, 3.63) is 0 Å². The third kappa shape index (κ3) is 3.10. The molecular formula is C10H17NO3. The zero-order valence-electron chi connectivity index (χ0n) is 8.71. The van der Waals surface area contributed by atoms with Crippen LogP contribution in [-0.2, 0) is 14.3 Å². The van der Waals surface area contributed by atoms with E-state index in [9.17, 15) is 9.59 Å². The molecule has 1 aliphatic heterocycles. The van der Waals surface area contributed by atoms with Gasteiger partial charge in [0.2, 0.25) is 5.91 Å². The first-order valence-corrected chi connectivity index (χ1v) is 5.03. The summed E-state index contributed by atoms with van der Waals surface area (Å²) in [6, 6.07) is 0. The fourth-order valence-electron chi connectivity index (χ4n) is 1.28. The van der Waals surface area contributed by atoms with Crippen molar-refractivity contribution in [2.75, 3.05) is 13.2 Å². The highest BCUT2D eigenvalue weighted by Crippen LogP contribution is 2.11. The predicted molar refractivity (Wildman–Crippen MR) is 51.8 cm³/mol. The third-order valence-corrected chi connectivity index (χ3v) is 2.30. The van der Waals surface area contributed by atoms with Gasteiger partial charge in [0.1, 0.15) is 6.10 Å². The molecule has 0 bridgehead atoms. The van der Waals surface area contributed by atoms with E-state index in [1.807, 2.05) is 13.8 Å². The number of ether oxygens (including phenoxy) is 1. The van der Waals surface area contributed by atoms with E-state index in [1.54, 1.807) is 0 Å². The third-order valence-electron chi connectivity index (χ3n) is 2.30. The van der Waals surface area contributed by atoms with Gasteiger partial charge in [0.15, 0.2) is 5.78 Å². The van der Waals surface area contributed by atoms with E-state index in [2.05, 4.69) is 5.32 Å². The standard InChI is InChI=1S/C10H17NO3/c1-7(2)8(12)6-11-10(13)9-4-3-5-14-9/h7,9H,3-6H2,1-2H3,(H,11,13). The molecule has 1 saturated heterocycles. The molecule has 14 heavy (non-hydrogen) atoms. The van der Waals surface area contributed by atoms with E-state index in [1.165, 1.54) is 0 Å². The van der Waals surface area contributed by atoms with Crippen LogP contribution in [0.2, 0.25) is 0 Å². The molecule has 0 spiro atoms. The second kappa shape index (κ2) is 5.10. The second-order valence-electron chi connectivity index (χ2n) is 3.84. The van der Waals surface area contributed by atoms with Gasteiger partial charge in [-0.3, -0.25) is 9.59 Å². The molecule has 1 unspecified atom stereocenters. The number of amides is 1. The van der Waals surface area contributed by atoms with Gasteiger partial charge in [0.05, 0.1) is 6.54 Å². The van der Waals surface area contributed by atoms with E-state index in [4.69, 9.17) is 4.74 Å². The molecule has 0 aliphatic carbocycles. The van der Waals surface area contributed by atoms with Crippen LogP contribution in [0.4, 0.5) is 0 Å². The minimum Gasteiger partial charge on any atom is -0.368 e. The van der Waals surface area contributed by atoms with E-state index < -0.39 is 0 Å². The van der Waals surface area contributed by atoms with Gasteiger partial charge in [-0.05, 0) is 12.8 Å². The average Bonchev–Trinajstić information content (AvgIpc) is 2.66. The molecule has 0 aromatic heterocycles. The summed E-state index contributed by atoms with van der Waals surface area (Å²) in [4.78, 5) is 22.6. The fourth-order valence-corrected chi connectivity index (χ4v) is 1.28. The van der Waals surface area contributed by atoms with Crippen LogP contribution >= 0.6 is 0 Å². The number of Topliss-reactive ketones (excluding diaryl/α,β-unsaturated/α-hetero) is 1. The van der Waals surface area contributed by atoms with E-state index in [0.29, 0.717) is 6.61 Å².